The number of carbonyl (C=O) groups is 2. The zero-order valence-corrected chi connectivity index (χ0v) is 17.1. The van der Waals surface area contributed by atoms with Crippen LogP contribution < -0.4 is 16.4 Å². The van der Waals surface area contributed by atoms with Crippen LogP contribution in [0.2, 0.25) is 0 Å². The molecule has 2 amide bonds. The number of amides is 2. The fraction of sp³-hybridized carbons (Fsp3) is 0.529. The number of benzene rings is 1. The molecule has 1 aromatic rings. The fourth-order valence-corrected chi connectivity index (χ4v) is 2.29. The Hall–Kier alpha value is -1.45. The highest BCUT2D eigenvalue weighted by molar-refractivity contribution is 5.98. The number of morpholine rings is 1. The van der Waals surface area contributed by atoms with E-state index in [1.807, 2.05) is 0 Å². The van der Waals surface area contributed by atoms with Crippen LogP contribution in [0.25, 0.3) is 0 Å². The lowest BCUT2D eigenvalue weighted by atomic mass is 10.1. The SMILES string of the molecule is CC(C)(N)C(=O)Nc1ccc(F)c(NC(=O)CCN2CCOCC2)c1.Cl.Cl. The highest BCUT2D eigenvalue weighted by Crippen LogP contribution is 2.20. The minimum Gasteiger partial charge on any atom is -0.379 e. The normalized spacial score (nSPS) is 14.5. The fourth-order valence-electron chi connectivity index (χ4n) is 2.29. The van der Waals surface area contributed by atoms with Crippen molar-refractivity contribution in [2.45, 2.75) is 25.8 Å². The van der Waals surface area contributed by atoms with Crippen LogP contribution in [0.5, 0.6) is 0 Å². The van der Waals surface area contributed by atoms with Crippen molar-refractivity contribution >= 4 is 48.0 Å². The second kappa shape index (κ2) is 11.4. The third-order valence-electron chi connectivity index (χ3n) is 3.84. The first kappa shape index (κ1) is 25.6. The second-order valence-corrected chi connectivity index (χ2v) is 6.62. The summed E-state index contributed by atoms with van der Waals surface area (Å²) >= 11 is 0. The Labute approximate surface area is 171 Å². The van der Waals surface area contributed by atoms with Crippen LogP contribution in [-0.4, -0.2) is 55.1 Å². The Morgan fingerprint density at radius 3 is 2.44 bits per heavy atom. The molecule has 4 N–H and O–H groups in total. The third kappa shape index (κ3) is 8.40. The quantitative estimate of drug-likeness (QED) is 0.648. The monoisotopic (exact) mass is 424 g/mol. The van der Waals surface area contributed by atoms with Crippen molar-refractivity contribution in [1.82, 2.24) is 4.90 Å². The first-order valence-electron chi connectivity index (χ1n) is 8.25. The first-order chi connectivity index (χ1) is 11.8. The molecule has 1 aliphatic heterocycles. The van der Waals surface area contributed by atoms with Gasteiger partial charge in [0.15, 0.2) is 0 Å². The lowest BCUT2D eigenvalue weighted by Gasteiger charge is -2.26. The van der Waals surface area contributed by atoms with E-state index in [1.54, 1.807) is 13.8 Å². The summed E-state index contributed by atoms with van der Waals surface area (Å²) in [7, 11) is 0. The molecule has 1 aromatic carbocycles. The van der Waals surface area contributed by atoms with Gasteiger partial charge < -0.3 is 21.1 Å². The predicted molar refractivity (Wildman–Crippen MR) is 108 cm³/mol. The molecule has 154 valence electrons. The maximum atomic E-state index is 13.9. The van der Waals surface area contributed by atoms with Crippen LogP contribution in [0.4, 0.5) is 15.8 Å². The van der Waals surface area contributed by atoms with Gasteiger partial charge in [-0.3, -0.25) is 14.5 Å². The molecule has 0 unspecified atom stereocenters. The first-order valence-corrected chi connectivity index (χ1v) is 8.25. The van der Waals surface area contributed by atoms with Crippen LogP contribution in [0.1, 0.15) is 20.3 Å². The summed E-state index contributed by atoms with van der Waals surface area (Å²) in [5, 5.41) is 5.15. The summed E-state index contributed by atoms with van der Waals surface area (Å²) in [6.07, 6.45) is 0.256. The van der Waals surface area contributed by atoms with Gasteiger partial charge >= 0.3 is 0 Å². The molecule has 27 heavy (non-hydrogen) atoms. The third-order valence-corrected chi connectivity index (χ3v) is 3.84. The molecule has 0 aromatic heterocycles. The minimum atomic E-state index is -1.06. The molecule has 0 saturated carbocycles. The summed E-state index contributed by atoms with van der Waals surface area (Å²) in [4.78, 5) is 26.1. The molecule has 0 aliphatic carbocycles. The lowest BCUT2D eigenvalue weighted by Crippen LogP contribution is -2.45. The van der Waals surface area contributed by atoms with Gasteiger partial charge in [-0.05, 0) is 32.0 Å². The average Bonchev–Trinajstić information content (AvgIpc) is 2.56. The van der Waals surface area contributed by atoms with Crippen molar-refractivity contribution in [3.8, 4) is 0 Å². The number of nitrogens with two attached hydrogens (primary N) is 1. The molecule has 1 fully saturated rings. The van der Waals surface area contributed by atoms with Crippen molar-refractivity contribution in [3.05, 3.63) is 24.0 Å². The Morgan fingerprint density at radius 2 is 1.85 bits per heavy atom. The average molecular weight is 425 g/mol. The van der Waals surface area contributed by atoms with Crippen LogP contribution in [0.3, 0.4) is 0 Å². The van der Waals surface area contributed by atoms with Gasteiger partial charge in [0, 0.05) is 31.7 Å². The van der Waals surface area contributed by atoms with Gasteiger partial charge in [-0.25, -0.2) is 4.39 Å². The highest BCUT2D eigenvalue weighted by Gasteiger charge is 2.22. The van der Waals surface area contributed by atoms with Crippen LogP contribution in [-0.2, 0) is 14.3 Å². The molecule has 2 rings (SSSR count). The lowest BCUT2D eigenvalue weighted by molar-refractivity contribution is -0.120. The van der Waals surface area contributed by atoms with Crippen LogP contribution in [0, 0.1) is 5.82 Å². The molecule has 1 aliphatic rings. The van der Waals surface area contributed by atoms with Gasteiger partial charge in [0.1, 0.15) is 5.82 Å². The standard InChI is InChI=1S/C17H25FN4O3.2ClH/c1-17(2,19)16(24)20-12-3-4-13(18)14(11-12)21-15(23)5-6-22-7-9-25-10-8-22;;/h3-4,11H,5-10,19H2,1-2H3,(H,20,24)(H,21,23);2*1H. The van der Waals surface area contributed by atoms with Crippen molar-refractivity contribution in [1.29, 1.82) is 0 Å². The topological polar surface area (TPSA) is 96.7 Å². The summed E-state index contributed by atoms with van der Waals surface area (Å²) in [6.45, 7) is 6.63. The van der Waals surface area contributed by atoms with Crippen LogP contribution >= 0.6 is 24.8 Å². The molecule has 0 spiro atoms. The maximum absolute atomic E-state index is 13.9. The van der Waals surface area contributed by atoms with Crippen molar-refractivity contribution in [2.24, 2.45) is 5.73 Å². The number of nitrogens with zero attached hydrogens (tertiary/aromatic N) is 1. The Balaban J connectivity index is 0.00000338. The Kier molecular flexibility index (Phi) is 10.8. The Morgan fingerprint density at radius 1 is 1.22 bits per heavy atom. The molecular formula is C17H27Cl2FN4O3. The number of nitrogens with one attached hydrogen (secondary N) is 2. The molecule has 0 atom stereocenters. The van der Waals surface area contributed by atoms with Gasteiger partial charge in [-0.1, -0.05) is 0 Å². The van der Waals surface area contributed by atoms with E-state index in [0.29, 0.717) is 25.4 Å². The largest absolute Gasteiger partial charge is 0.379 e. The zero-order valence-electron chi connectivity index (χ0n) is 15.4. The highest BCUT2D eigenvalue weighted by atomic mass is 35.5. The van der Waals surface area contributed by atoms with Gasteiger partial charge in [0.2, 0.25) is 11.8 Å². The molecule has 1 heterocycles. The number of hydrogen-bond donors (Lipinski definition) is 3. The number of anilines is 2. The minimum absolute atomic E-state index is 0. The van der Waals surface area contributed by atoms with E-state index in [1.165, 1.54) is 18.2 Å². The second-order valence-electron chi connectivity index (χ2n) is 6.62. The van der Waals surface area contributed by atoms with E-state index in [-0.39, 0.29) is 42.8 Å². The molecule has 0 radical (unpaired) electrons. The molecule has 0 bridgehead atoms. The maximum Gasteiger partial charge on any atom is 0.243 e. The van der Waals surface area contributed by atoms with E-state index in [0.717, 1.165) is 13.1 Å². The zero-order chi connectivity index (χ0) is 18.4. The van der Waals surface area contributed by atoms with Gasteiger partial charge in [-0.15, -0.1) is 24.8 Å². The molecule has 7 nitrogen and oxygen atoms in total. The smallest absolute Gasteiger partial charge is 0.243 e. The van der Waals surface area contributed by atoms with E-state index in [2.05, 4.69) is 15.5 Å². The van der Waals surface area contributed by atoms with Crippen molar-refractivity contribution < 1.29 is 18.7 Å². The Bertz CT molecular complexity index is 635. The van der Waals surface area contributed by atoms with E-state index in [4.69, 9.17) is 10.5 Å². The van der Waals surface area contributed by atoms with Gasteiger partial charge in [0.05, 0.1) is 24.4 Å². The van der Waals surface area contributed by atoms with Crippen molar-refractivity contribution in [3.63, 3.8) is 0 Å². The number of carbonyl (C=O) groups excluding carboxylic acids is 2. The number of halogens is 3. The van der Waals surface area contributed by atoms with Crippen molar-refractivity contribution in [2.75, 3.05) is 43.5 Å². The van der Waals surface area contributed by atoms with Crippen LogP contribution in [0.15, 0.2) is 18.2 Å². The summed E-state index contributed by atoms with van der Waals surface area (Å²) in [5.74, 6) is -1.25. The molecular weight excluding hydrogens is 398 g/mol. The number of ether oxygens (including phenoxy) is 1. The van der Waals surface area contributed by atoms with Gasteiger partial charge in [-0.2, -0.15) is 0 Å². The van der Waals surface area contributed by atoms with E-state index in [9.17, 15) is 14.0 Å². The van der Waals surface area contributed by atoms with E-state index < -0.39 is 17.3 Å². The van der Waals surface area contributed by atoms with E-state index >= 15 is 0 Å². The molecule has 1 saturated heterocycles. The predicted octanol–water partition coefficient (Wildman–Crippen LogP) is 2.01. The number of hydrogen-bond acceptors (Lipinski definition) is 5. The number of rotatable bonds is 6. The summed E-state index contributed by atoms with van der Waals surface area (Å²) < 4.78 is 19.2. The summed E-state index contributed by atoms with van der Waals surface area (Å²) in [6, 6.07) is 3.99. The van der Waals surface area contributed by atoms with Gasteiger partial charge in [0.25, 0.3) is 0 Å². The molecule has 10 heteroatoms. The summed E-state index contributed by atoms with van der Waals surface area (Å²) in [5.41, 5.74) is 5.05.